The molecule has 1 heterocycles. The van der Waals surface area contributed by atoms with Crippen LogP contribution in [-0.2, 0) is 16.4 Å². The highest BCUT2D eigenvalue weighted by Crippen LogP contribution is 2.15. The van der Waals surface area contributed by atoms with Crippen LogP contribution in [0.5, 0.6) is 5.75 Å². The van der Waals surface area contributed by atoms with Crippen LogP contribution in [0.4, 0.5) is 0 Å². The number of hydrogen-bond acceptors (Lipinski definition) is 7. The van der Waals surface area contributed by atoms with Gasteiger partial charge in [0.1, 0.15) is 12.4 Å². The molecule has 0 fully saturated rings. The second kappa shape index (κ2) is 7.16. The van der Waals surface area contributed by atoms with Gasteiger partial charge in [-0.1, -0.05) is 5.16 Å². The number of sulfonamides is 1. The molecule has 0 radical (unpaired) electrons. The summed E-state index contributed by atoms with van der Waals surface area (Å²) < 4.78 is 36.4. The zero-order valence-corrected chi connectivity index (χ0v) is 11.9. The van der Waals surface area contributed by atoms with Crippen molar-refractivity contribution in [2.75, 3.05) is 19.8 Å². The summed E-state index contributed by atoms with van der Waals surface area (Å²) in [6.45, 7) is 0.221. The van der Waals surface area contributed by atoms with Crippen molar-refractivity contribution < 1.29 is 22.8 Å². The normalized spacial score (nSPS) is 11.5. The highest BCUT2D eigenvalue weighted by molar-refractivity contribution is 7.89. The summed E-state index contributed by atoms with van der Waals surface area (Å²) in [5.41, 5.74) is 0. The van der Waals surface area contributed by atoms with Gasteiger partial charge in [0, 0.05) is 13.0 Å². The van der Waals surface area contributed by atoms with Crippen molar-refractivity contribution >= 4 is 10.0 Å². The molecule has 0 bridgehead atoms. The lowest BCUT2D eigenvalue weighted by Crippen LogP contribution is -2.26. The summed E-state index contributed by atoms with van der Waals surface area (Å²) in [6.07, 6.45) is 1.58. The van der Waals surface area contributed by atoms with Gasteiger partial charge in [-0.05, 0) is 24.3 Å². The van der Waals surface area contributed by atoms with Crippen LogP contribution in [-0.4, -0.2) is 43.4 Å². The van der Waals surface area contributed by atoms with E-state index in [0.29, 0.717) is 18.1 Å². The third-order valence-electron chi connectivity index (χ3n) is 2.53. The van der Waals surface area contributed by atoms with Crippen molar-refractivity contribution in [1.29, 1.82) is 0 Å². The first-order valence-electron chi connectivity index (χ1n) is 6.21. The van der Waals surface area contributed by atoms with Gasteiger partial charge in [-0.2, -0.15) is 4.98 Å². The Hall–Kier alpha value is -1.97. The molecule has 2 N–H and O–H groups in total. The highest BCUT2D eigenvalue weighted by atomic mass is 32.2. The van der Waals surface area contributed by atoms with Crippen LogP contribution in [0, 0.1) is 0 Å². The molecule has 8 nitrogen and oxygen atoms in total. The van der Waals surface area contributed by atoms with E-state index in [2.05, 4.69) is 14.9 Å². The number of benzene rings is 1. The Morgan fingerprint density at radius 3 is 2.67 bits per heavy atom. The lowest BCUT2D eigenvalue weighted by atomic mass is 10.3. The average molecular weight is 313 g/mol. The van der Waals surface area contributed by atoms with E-state index >= 15 is 0 Å². The van der Waals surface area contributed by atoms with E-state index in [1.165, 1.54) is 30.6 Å². The lowest BCUT2D eigenvalue weighted by molar-refractivity contribution is 0.201. The van der Waals surface area contributed by atoms with Crippen LogP contribution in [0.1, 0.15) is 5.89 Å². The van der Waals surface area contributed by atoms with Gasteiger partial charge in [0.05, 0.1) is 11.5 Å². The lowest BCUT2D eigenvalue weighted by Gasteiger charge is -2.07. The Labute approximate surface area is 121 Å². The molecule has 9 heteroatoms. The van der Waals surface area contributed by atoms with E-state index < -0.39 is 10.0 Å². The summed E-state index contributed by atoms with van der Waals surface area (Å²) in [5.74, 6) is 0.860. The molecule has 0 aliphatic rings. The number of aliphatic hydroxyl groups is 1. The zero-order valence-electron chi connectivity index (χ0n) is 11.1. The number of rotatable bonds is 8. The molecule has 114 valence electrons. The maximum absolute atomic E-state index is 12.0. The van der Waals surface area contributed by atoms with Crippen LogP contribution in [0.3, 0.4) is 0 Å². The molecule has 0 saturated carbocycles. The molecular weight excluding hydrogens is 298 g/mol. The van der Waals surface area contributed by atoms with Gasteiger partial charge in [0.25, 0.3) is 0 Å². The average Bonchev–Trinajstić information content (AvgIpc) is 2.98. The van der Waals surface area contributed by atoms with E-state index in [1.54, 1.807) is 0 Å². The Bertz CT molecular complexity index is 640. The van der Waals surface area contributed by atoms with Crippen LogP contribution in [0.2, 0.25) is 0 Å². The quantitative estimate of drug-likeness (QED) is 0.702. The van der Waals surface area contributed by atoms with Crippen LogP contribution < -0.4 is 9.46 Å². The number of nitrogens with zero attached hydrogens (tertiary/aromatic N) is 2. The van der Waals surface area contributed by atoms with Gasteiger partial charge in [-0.3, -0.25) is 0 Å². The second-order valence-corrected chi connectivity index (χ2v) is 5.79. The van der Waals surface area contributed by atoms with Crippen molar-refractivity contribution in [3.8, 4) is 5.75 Å². The maximum atomic E-state index is 12.0. The van der Waals surface area contributed by atoms with E-state index in [0.717, 1.165) is 0 Å². The van der Waals surface area contributed by atoms with Crippen LogP contribution in [0.15, 0.2) is 40.0 Å². The van der Waals surface area contributed by atoms with Gasteiger partial charge >= 0.3 is 0 Å². The Kier molecular flexibility index (Phi) is 5.26. The summed E-state index contributed by atoms with van der Waals surface area (Å²) in [7, 11) is -3.60. The summed E-state index contributed by atoms with van der Waals surface area (Å²) in [5, 5.41) is 12.1. The number of ether oxygens (including phenoxy) is 1. The molecule has 0 saturated heterocycles. The van der Waals surface area contributed by atoms with Crippen molar-refractivity contribution in [1.82, 2.24) is 14.9 Å². The smallest absolute Gasteiger partial charge is 0.240 e. The first-order chi connectivity index (χ1) is 10.1. The molecule has 2 aromatic rings. The molecule has 0 aliphatic carbocycles. The Morgan fingerprint density at radius 2 is 2.05 bits per heavy atom. The van der Waals surface area contributed by atoms with E-state index in [1.807, 2.05) is 0 Å². The van der Waals surface area contributed by atoms with Gasteiger partial charge in [0.2, 0.25) is 15.9 Å². The van der Waals surface area contributed by atoms with E-state index in [9.17, 15) is 8.42 Å². The molecule has 21 heavy (non-hydrogen) atoms. The van der Waals surface area contributed by atoms with Gasteiger partial charge in [-0.15, -0.1) is 0 Å². The summed E-state index contributed by atoms with van der Waals surface area (Å²) in [6, 6.07) is 5.92. The molecule has 1 aromatic carbocycles. The van der Waals surface area contributed by atoms with Gasteiger partial charge in [-0.25, -0.2) is 13.1 Å². The first kappa shape index (κ1) is 15.4. The second-order valence-electron chi connectivity index (χ2n) is 4.03. The predicted molar refractivity (Wildman–Crippen MR) is 72.2 cm³/mol. The number of aliphatic hydroxyl groups excluding tert-OH is 1. The summed E-state index contributed by atoms with van der Waals surface area (Å²) in [4.78, 5) is 3.93. The Balaban J connectivity index is 1.92. The number of nitrogens with one attached hydrogen (secondary N) is 1. The molecule has 0 unspecified atom stereocenters. The SMILES string of the molecule is O=S(=O)(NCCc1ncno1)c1ccc(OCCO)cc1. The van der Waals surface area contributed by atoms with Crippen LogP contribution in [0.25, 0.3) is 0 Å². The minimum Gasteiger partial charge on any atom is -0.491 e. The van der Waals surface area contributed by atoms with E-state index in [4.69, 9.17) is 14.4 Å². The standard InChI is InChI=1S/C12H15N3O5S/c16-7-8-19-10-1-3-11(4-2-10)21(17,18)15-6-5-12-13-9-14-20-12/h1-4,9,15-16H,5-8H2. The highest BCUT2D eigenvalue weighted by Gasteiger charge is 2.14. The van der Waals surface area contributed by atoms with Crippen molar-refractivity contribution in [3.05, 3.63) is 36.5 Å². The first-order valence-corrected chi connectivity index (χ1v) is 7.69. The van der Waals surface area contributed by atoms with E-state index in [-0.39, 0.29) is 24.7 Å². The monoisotopic (exact) mass is 313 g/mol. The van der Waals surface area contributed by atoms with Crippen molar-refractivity contribution in [3.63, 3.8) is 0 Å². The van der Waals surface area contributed by atoms with Gasteiger partial charge < -0.3 is 14.4 Å². The molecular formula is C12H15N3O5S. The third-order valence-corrected chi connectivity index (χ3v) is 4.01. The minimum absolute atomic E-state index is 0.0999. The number of aromatic nitrogens is 2. The number of hydrogen-bond donors (Lipinski definition) is 2. The fourth-order valence-corrected chi connectivity index (χ4v) is 2.59. The fraction of sp³-hybridized carbons (Fsp3) is 0.333. The largest absolute Gasteiger partial charge is 0.491 e. The van der Waals surface area contributed by atoms with Gasteiger partial charge in [0.15, 0.2) is 6.33 Å². The van der Waals surface area contributed by atoms with Crippen LogP contribution >= 0.6 is 0 Å². The molecule has 0 amide bonds. The zero-order chi connectivity index (χ0) is 15.1. The molecule has 2 rings (SSSR count). The Morgan fingerprint density at radius 1 is 1.29 bits per heavy atom. The third kappa shape index (κ3) is 4.52. The summed E-state index contributed by atoms with van der Waals surface area (Å²) >= 11 is 0. The minimum atomic E-state index is -3.60. The topological polar surface area (TPSA) is 115 Å². The molecule has 0 aliphatic heterocycles. The molecule has 0 spiro atoms. The fourth-order valence-electron chi connectivity index (χ4n) is 1.56. The van der Waals surface area contributed by atoms with Crippen molar-refractivity contribution in [2.24, 2.45) is 0 Å². The molecule has 0 atom stereocenters. The van der Waals surface area contributed by atoms with Crippen molar-refractivity contribution in [2.45, 2.75) is 11.3 Å². The molecule has 1 aromatic heterocycles. The predicted octanol–water partition coefficient (Wildman–Crippen LogP) is -0.0383. The maximum Gasteiger partial charge on any atom is 0.240 e.